The normalized spacial score (nSPS) is 18.4. The van der Waals surface area contributed by atoms with Gasteiger partial charge in [-0.15, -0.1) is 6.42 Å². The summed E-state index contributed by atoms with van der Waals surface area (Å²) in [4.78, 5) is 14.3. The molecule has 0 bridgehead atoms. The second-order valence-corrected chi connectivity index (χ2v) is 11.7. The molecular formula is C33H33FN6O3. The molecule has 0 atom stereocenters. The smallest absolute Gasteiger partial charge is 0.244 e. The van der Waals surface area contributed by atoms with Crippen molar-refractivity contribution in [3.63, 3.8) is 0 Å². The van der Waals surface area contributed by atoms with E-state index in [-0.39, 0.29) is 23.4 Å². The number of aromatic hydroxyl groups is 1. The molecule has 5 heterocycles. The predicted octanol–water partition coefficient (Wildman–Crippen LogP) is 4.56. The summed E-state index contributed by atoms with van der Waals surface area (Å²) in [7, 11) is 0. The van der Waals surface area contributed by atoms with Gasteiger partial charge in [-0.2, -0.15) is 10.2 Å². The number of hydrogen-bond acceptors (Lipinski definition) is 8. The summed E-state index contributed by atoms with van der Waals surface area (Å²) in [6.07, 6.45) is 12.7. The van der Waals surface area contributed by atoms with Crippen LogP contribution in [0.1, 0.15) is 48.8 Å². The Morgan fingerprint density at radius 3 is 2.72 bits per heavy atom. The van der Waals surface area contributed by atoms with Crippen molar-refractivity contribution in [2.45, 2.75) is 44.2 Å². The number of nitrogens with zero attached hydrogens (tertiary/aromatic N) is 6. The van der Waals surface area contributed by atoms with Gasteiger partial charge in [0.1, 0.15) is 29.8 Å². The molecule has 10 heteroatoms. The van der Waals surface area contributed by atoms with Gasteiger partial charge in [0.25, 0.3) is 0 Å². The highest BCUT2D eigenvalue weighted by Gasteiger charge is 2.45. The van der Waals surface area contributed by atoms with Gasteiger partial charge in [-0.1, -0.05) is 12.0 Å². The first-order valence-electron chi connectivity index (χ1n) is 14.9. The summed E-state index contributed by atoms with van der Waals surface area (Å²) >= 11 is 0. The molecule has 2 aromatic heterocycles. The van der Waals surface area contributed by atoms with Crippen molar-refractivity contribution in [1.29, 1.82) is 5.26 Å². The van der Waals surface area contributed by atoms with E-state index in [9.17, 15) is 14.8 Å². The van der Waals surface area contributed by atoms with Crippen molar-refractivity contribution >= 4 is 27.6 Å². The van der Waals surface area contributed by atoms with Gasteiger partial charge in [0, 0.05) is 31.6 Å². The number of anilines is 1. The Bertz CT molecular complexity index is 1790. The number of benzene rings is 2. The number of imidazole rings is 1. The number of fused-ring (bicyclic) bond motifs is 3. The third-order valence-corrected chi connectivity index (χ3v) is 9.25. The Morgan fingerprint density at radius 2 is 1.93 bits per heavy atom. The van der Waals surface area contributed by atoms with Crippen LogP contribution in [0.4, 0.5) is 10.2 Å². The van der Waals surface area contributed by atoms with E-state index in [0.717, 1.165) is 45.2 Å². The van der Waals surface area contributed by atoms with Gasteiger partial charge in [-0.25, -0.2) is 9.37 Å². The van der Waals surface area contributed by atoms with Crippen LogP contribution in [0.15, 0.2) is 30.6 Å². The van der Waals surface area contributed by atoms with Crippen LogP contribution in [0.5, 0.6) is 11.6 Å². The Hall–Kier alpha value is -4.38. The van der Waals surface area contributed by atoms with E-state index in [4.69, 9.17) is 25.9 Å². The molecule has 1 N–H and O–H groups in total. The van der Waals surface area contributed by atoms with Crippen LogP contribution in [0, 0.1) is 29.5 Å². The molecule has 0 spiro atoms. The zero-order chi connectivity index (χ0) is 29.6. The molecule has 0 amide bonds. The molecule has 3 aliphatic heterocycles. The van der Waals surface area contributed by atoms with Crippen molar-refractivity contribution < 1.29 is 19.0 Å². The second kappa shape index (κ2) is 11.0. The van der Waals surface area contributed by atoms with Gasteiger partial charge < -0.3 is 24.0 Å². The van der Waals surface area contributed by atoms with Gasteiger partial charge in [-0.05, 0) is 74.3 Å². The first-order chi connectivity index (χ1) is 21.0. The molecule has 7 rings (SSSR count). The molecule has 3 aliphatic rings. The van der Waals surface area contributed by atoms with Crippen LogP contribution in [0.2, 0.25) is 0 Å². The van der Waals surface area contributed by atoms with Gasteiger partial charge in [0.15, 0.2) is 11.3 Å². The Labute approximate surface area is 249 Å². The van der Waals surface area contributed by atoms with E-state index in [0.29, 0.717) is 77.5 Å². The van der Waals surface area contributed by atoms with E-state index in [1.807, 2.05) is 4.57 Å². The lowest BCUT2D eigenvalue weighted by Gasteiger charge is -2.31. The molecule has 4 aromatic rings. The molecule has 3 fully saturated rings. The van der Waals surface area contributed by atoms with E-state index < -0.39 is 5.82 Å². The summed E-state index contributed by atoms with van der Waals surface area (Å²) < 4.78 is 28.9. The number of halogens is 1. The minimum Gasteiger partial charge on any atom is -0.508 e. The summed E-state index contributed by atoms with van der Waals surface area (Å²) in [5.74, 6) is 2.95. The van der Waals surface area contributed by atoms with Crippen molar-refractivity contribution in [1.82, 2.24) is 19.4 Å². The third kappa shape index (κ3) is 4.71. The molecule has 43 heavy (non-hydrogen) atoms. The highest BCUT2D eigenvalue weighted by atomic mass is 19.1. The Balaban J connectivity index is 1.37. The number of phenolic OH excluding ortho intramolecular Hbond substituents is 1. The van der Waals surface area contributed by atoms with E-state index >= 15 is 0 Å². The lowest BCUT2D eigenvalue weighted by Crippen LogP contribution is -2.43. The molecular weight excluding hydrogens is 547 g/mol. The Kier molecular flexibility index (Phi) is 7.04. The molecule has 3 saturated heterocycles. The average Bonchev–Trinajstić information content (AvgIpc) is 3.64. The first-order valence-corrected chi connectivity index (χ1v) is 14.9. The second-order valence-electron chi connectivity index (χ2n) is 11.7. The van der Waals surface area contributed by atoms with Crippen LogP contribution in [-0.2, 0) is 11.3 Å². The van der Waals surface area contributed by atoms with E-state index in [2.05, 4.69) is 21.8 Å². The lowest BCUT2D eigenvalue weighted by atomic mass is 9.95. The molecule has 220 valence electrons. The first kappa shape index (κ1) is 27.5. The lowest BCUT2D eigenvalue weighted by molar-refractivity contribution is 0.112. The Morgan fingerprint density at radius 1 is 1.09 bits per heavy atom. The maximum Gasteiger partial charge on any atom is 0.244 e. The zero-order valence-corrected chi connectivity index (χ0v) is 24.0. The van der Waals surface area contributed by atoms with Gasteiger partial charge in [0.2, 0.25) is 5.88 Å². The quantitative estimate of drug-likeness (QED) is 0.332. The number of phenols is 1. The molecule has 0 saturated carbocycles. The highest BCUT2D eigenvalue weighted by molar-refractivity contribution is 5.93. The fourth-order valence-electron chi connectivity index (χ4n) is 7.25. The number of nitriles is 1. The van der Waals surface area contributed by atoms with Gasteiger partial charge in [0.05, 0.1) is 29.6 Å². The number of terminal acetylenes is 1. The number of pyridine rings is 1. The highest BCUT2D eigenvalue weighted by Crippen LogP contribution is 2.40. The van der Waals surface area contributed by atoms with Crippen molar-refractivity contribution in [3.8, 4) is 30.0 Å². The minimum absolute atomic E-state index is 0.0112. The third-order valence-electron chi connectivity index (χ3n) is 9.25. The number of aromatic nitrogens is 3. The zero-order valence-electron chi connectivity index (χ0n) is 24.0. The van der Waals surface area contributed by atoms with Crippen LogP contribution < -0.4 is 9.64 Å². The average molecular weight is 581 g/mol. The molecule has 0 radical (unpaired) electrons. The number of ether oxygens (including phenoxy) is 2. The summed E-state index contributed by atoms with van der Waals surface area (Å²) in [6.45, 7) is 5.36. The topological polar surface area (TPSA) is 99.7 Å². The van der Waals surface area contributed by atoms with E-state index in [1.54, 1.807) is 24.5 Å². The fraction of sp³-hybridized carbons (Fsp3) is 0.424. The van der Waals surface area contributed by atoms with Crippen LogP contribution in [-0.4, -0.2) is 76.1 Å². The standard InChI is InChI=1S/C33H33FN6O3/c1-2-25-27(34)7-6-22-16-24(41)17-23(28(22)25)19-39-21-36-29-30(39)26(18-35)31(38-10-5-14-42-15-13-38)37-32(29)43-20-33-8-3-11-40(33)12-4-9-33/h1,6-7,16-17,21,41H,3-5,8-15,19-20H2. The monoisotopic (exact) mass is 580 g/mol. The molecule has 9 nitrogen and oxygen atoms in total. The van der Waals surface area contributed by atoms with Crippen molar-refractivity contribution in [2.24, 2.45) is 0 Å². The van der Waals surface area contributed by atoms with Crippen LogP contribution >= 0.6 is 0 Å². The fourth-order valence-corrected chi connectivity index (χ4v) is 7.25. The summed E-state index contributed by atoms with van der Waals surface area (Å²) in [5, 5.41) is 22.2. The predicted molar refractivity (Wildman–Crippen MR) is 161 cm³/mol. The molecule has 0 unspecified atom stereocenters. The molecule has 2 aromatic carbocycles. The maximum atomic E-state index is 14.8. The number of rotatable bonds is 6. The SMILES string of the molecule is C#Cc1c(F)ccc2cc(O)cc(Cn3cnc4c(OCC56CCCN5CCC6)nc(N5CCCOCC5)c(C#N)c43)c12. The van der Waals surface area contributed by atoms with Crippen molar-refractivity contribution in [2.75, 3.05) is 50.9 Å². The number of hydrogen-bond donors (Lipinski definition) is 1. The molecule has 0 aliphatic carbocycles. The van der Waals surface area contributed by atoms with E-state index in [1.165, 1.54) is 6.07 Å². The van der Waals surface area contributed by atoms with Gasteiger partial charge in [-0.3, -0.25) is 4.90 Å². The van der Waals surface area contributed by atoms with Crippen LogP contribution in [0.3, 0.4) is 0 Å². The van der Waals surface area contributed by atoms with Crippen LogP contribution in [0.25, 0.3) is 21.8 Å². The minimum atomic E-state index is -0.507. The summed E-state index contributed by atoms with van der Waals surface area (Å²) in [5.41, 5.74) is 2.22. The van der Waals surface area contributed by atoms with Crippen molar-refractivity contribution in [3.05, 3.63) is 53.1 Å². The maximum absolute atomic E-state index is 14.8. The van der Waals surface area contributed by atoms with Gasteiger partial charge >= 0.3 is 0 Å². The summed E-state index contributed by atoms with van der Waals surface area (Å²) in [6, 6.07) is 8.46. The largest absolute Gasteiger partial charge is 0.508 e.